The van der Waals surface area contributed by atoms with Gasteiger partial charge in [-0.15, -0.1) is 0 Å². The van der Waals surface area contributed by atoms with Gasteiger partial charge in [0, 0.05) is 6.20 Å². The number of esters is 1. The summed E-state index contributed by atoms with van der Waals surface area (Å²) in [5.74, 6) is 0.388. The summed E-state index contributed by atoms with van der Waals surface area (Å²) in [5, 5.41) is 0. The number of unbranched alkanes of at least 4 members (excludes halogenated alkanes) is 13. The van der Waals surface area contributed by atoms with Gasteiger partial charge in [0.15, 0.2) is 0 Å². The highest BCUT2D eigenvalue weighted by Gasteiger charge is 2.26. The van der Waals surface area contributed by atoms with E-state index in [-0.39, 0.29) is 11.7 Å². The lowest BCUT2D eigenvalue weighted by Gasteiger charge is -2.19. The number of imidazole rings is 1. The van der Waals surface area contributed by atoms with E-state index in [0.29, 0.717) is 25.9 Å². The first-order valence-electron chi connectivity index (χ1n) is 16.2. The highest BCUT2D eigenvalue weighted by Crippen LogP contribution is 2.17. The minimum Gasteiger partial charge on any atom is -0.465 e. The van der Waals surface area contributed by atoms with Crippen molar-refractivity contribution in [3.05, 3.63) is 23.8 Å². The van der Waals surface area contributed by atoms with Crippen molar-refractivity contribution in [2.45, 2.75) is 143 Å². The van der Waals surface area contributed by atoms with Crippen molar-refractivity contribution in [2.75, 3.05) is 12.4 Å². The van der Waals surface area contributed by atoms with Crippen LogP contribution in [0, 0.1) is 12.8 Å². The number of sulfonamides is 1. The number of hydrogen-bond acceptors (Lipinski definition) is 6. The minimum atomic E-state index is -3.66. The lowest BCUT2D eigenvalue weighted by Crippen LogP contribution is -2.43. The van der Waals surface area contributed by atoms with Crippen LogP contribution in [0.3, 0.4) is 0 Å². The van der Waals surface area contributed by atoms with Crippen LogP contribution in [0.5, 0.6) is 0 Å². The molecule has 0 amide bonds. The van der Waals surface area contributed by atoms with Crippen molar-refractivity contribution in [3.8, 4) is 0 Å². The van der Waals surface area contributed by atoms with E-state index in [1.54, 1.807) is 6.20 Å². The molecule has 0 spiro atoms. The Morgan fingerprint density at radius 3 is 2.10 bits per heavy atom. The van der Waals surface area contributed by atoms with E-state index in [1.165, 1.54) is 70.6 Å². The van der Waals surface area contributed by atoms with Crippen LogP contribution in [0.1, 0.15) is 135 Å². The number of nitrogens with zero attached hydrogens (tertiary/aromatic N) is 2. The maximum absolute atomic E-state index is 12.8. The third kappa shape index (κ3) is 15.2. The summed E-state index contributed by atoms with van der Waals surface area (Å²) in [6.07, 6.45) is 20.7. The standard InChI is InChI=1S/C32H56N4O4S/c1-5-6-7-8-9-10-11-12-13-14-15-16-17-18-23-40-32(37)30(25-26(2)3)36-41(38,39)24-19-20-28-31-29(21-22-33-28)34-27(4)35-31/h21-22,26,30,36H,5-20,23-25H2,1-4H3,(H,34,35)/t30-/m0/s1. The van der Waals surface area contributed by atoms with Gasteiger partial charge in [-0.25, -0.2) is 18.1 Å². The second-order valence-electron chi connectivity index (χ2n) is 12.0. The molecule has 0 fully saturated rings. The summed E-state index contributed by atoms with van der Waals surface area (Å²) in [4.78, 5) is 24.8. The normalized spacial score (nSPS) is 12.8. The number of carbonyl (C=O) groups excluding carboxylic acids is 1. The van der Waals surface area contributed by atoms with Crippen LogP contribution in [0.25, 0.3) is 11.0 Å². The number of aryl methyl sites for hydroxylation is 2. The molecule has 9 heteroatoms. The molecule has 2 aromatic rings. The quantitative estimate of drug-likeness (QED) is 0.0960. The summed E-state index contributed by atoms with van der Waals surface area (Å²) < 4.78 is 33.8. The van der Waals surface area contributed by atoms with Gasteiger partial charge >= 0.3 is 5.97 Å². The number of hydrogen-bond donors (Lipinski definition) is 2. The number of ether oxygens (including phenoxy) is 1. The van der Waals surface area contributed by atoms with E-state index >= 15 is 0 Å². The fraction of sp³-hybridized carbons (Fsp3) is 0.781. The lowest BCUT2D eigenvalue weighted by atomic mass is 10.0. The molecular weight excluding hydrogens is 536 g/mol. The van der Waals surface area contributed by atoms with Gasteiger partial charge in [0.05, 0.1) is 23.6 Å². The second kappa shape index (κ2) is 20.0. The predicted molar refractivity (Wildman–Crippen MR) is 168 cm³/mol. The van der Waals surface area contributed by atoms with Crippen LogP contribution in [0.4, 0.5) is 0 Å². The smallest absolute Gasteiger partial charge is 0.324 e. The van der Waals surface area contributed by atoms with Gasteiger partial charge in [0.2, 0.25) is 10.0 Å². The Balaban J connectivity index is 1.61. The molecule has 0 aliphatic rings. The van der Waals surface area contributed by atoms with Crippen molar-refractivity contribution in [1.29, 1.82) is 0 Å². The number of fused-ring (bicyclic) bond motifs is 1. The lowest BCUT2D eigenvalue weighted by molar-refractivity contribution is -0.146. The minimum absolute atomic E-state index is 0.0880. The van der Waals surface area contributed by atoms with Crippen molar-refractivity contribution in [1.82, 2.24) is 19.7 Å². The molecule has 2 aromatic heterocycles. The molecule has 1 atom stereocenters. The maximum atomic E-state index is 12.8. The number of H-pyrrole nitrogens is 1. The molecule has 2 rings (SSSR count). The Labute approximate surface area is 249 Å². The Hall–Kier alpha value is -2.00. The average Bonchev–Trinajstić information content (AvgIpc) is 3.31. The first-order valence-corrected chi connectivity index (χ1v) is 17.8. The van der Waals surface area contributed by atoms with Crippen molar-refractivity contribution < 1.29 is 17.9 Å². The zero-order valence-corrected chi connectivity index (χ0v) is 27.0. The zero-order valence-electron chi connectivity index (χ0n) is 26.2. The van der Waals surface area contributed by atoms with E-state index in [4.69, 9.17) is 4.74 Å². The third-order valence-electron chi connectivity index (χ3n) is 7.48. The summed E-state index contributed by atoms with van der Waals surface area (Å²) in [5.41, 5.74) is 2.44. The molecule has 0 unspecified atom stereocenters. The number of aromatic nitrogens is 3. The molecular formula is C32H56N4O4S. The average molecular weight is 593 g/mol. The summed E-state index contributed by atoms with van der Waals surface area (Å²) >= 11 is 0. The highest BCUT2D eigenvalue weighted by molar-refractivity contribution is 7.89. The molecule has 0 saturated heterocycles. The summed E-state index contributed by atoms with van der Waals surface area (Å²) in [6, 6.07) is 1.00. The number of rotatable bonds is 24. The topological polar surface area (TPSA) is 114 Å². The highest BCUT2D eigenvalue weighted by atomic mass is 32.2. The predicted octanol–water partition coefficient (Wildman–Crippen LogP) is 7.56. The van der Waals surface area contributed by atoms with Crippen LogP contribution < -0.4 is 4.72 Å². The first kappa shape index (κ1) is 35.2. The maximum Gasteiger partial charge on any atom is 0.324 e. The zero-order chi connectivity index (χ0) is 29.9. The van der Waals surface area contributed by atoms with Gasteiger partial charge in [-0.3, -0.25) is 9.78 Å². The van der Waals surface area contributed by atoms with E-state index < -0.39 is 22.0 Å². The van der Waals surface area contributed by atoms with Gasteiger partial charge in [-0.2, -0.15) is 0 Å². The molecule has 0 aliphatic heterocycles. The summed E-state index contributed by atoms with van der Waals surface area (Å²) in [6.45, 7) is 8.43. The summed E-state index contributed by atoms with van der Waals surface area (Å²) in [7, 11) is -3.66. The molecule has 8 nitrogen and oxygen atoms in total. The molecule has 0 aromatic carbocycles. The van der Waals surface area contributed by atoms with Gasteiger partial charge < -0.3 is 9.72 Å². The van der Waals surface area contributed by atoms with Gasteiger partial charge in [-0.1, -0.05) is 104 Å². The van der Waals surface area contributed by atoms with E-state index in [1.807, 2.05) is 26.8 Å². The Kier molecular flexibility index (Phi) is 17.2. The number of nitrogens with one attached hydrogen (secondary N) is 2. The number of pyridine rings is 1. The van der Waals surface area contributed by atoms with E-state index in [9.17, 15) is 13.2 Å². The number of carbonyl (C=O) groups is 1. The van der Waals surface area contributed by atoms with Crippen LogP contribution >= 0.6 is 0 Å². The molecule has 2 heterocycles. The fourth-order valence-electron chi connectivity index (χ4n) is 5.24. The molecule has 0 bridgehead atoms. The Bertz CT molecular complexity index is 1100. The Morgan fingerprint density at radius 2 is 1.51 bits per heavy atom. The monoisotopic (exact) mass is 592 g/mol. The number of aromatic amines is 1. The molecule has 41 heavy (non-hydrogen) atoms. The van der Waals surface area contributed by atoms with Crippen molar-refractivity contribution >= 4 is 27.0 Å². The third-order valence-corrected chi connectivity index (χ3v) is 8.95. The van der Waals surface area contributed by atoms with Gasteiger partial charge in [0.25, 0.3) is 0 Å². The Morgan fingerprint density at radius 1 is 0.927 bits per heavy atom. The van der Waals surface area contributed by atoms with Crippen LogP contribution in [0.15, 0.2) is 12.3 Å². The molecule has 2 N–H and O–H groups in total. The largest absolute Gasteiger partial charge is 0.465 e. The van der Waals surface area contributed by atoms with Gasteiger partial charge in [0.1, 0.15) is 17.4 Å². The van der Waals surface area contributed by atoms with Crippen LogP contribution in [-0.4, -0.2) is 47.7 Å². The van der Waals surface area contributed by atoms with Crippen molar-refractivity contribution in [2.24, 2.45) is 5.92 Å². The molecule has 0 aliphatic carbocycles. The molecule has 0 radical (unpaired) electrons. The van der Waals surface area contributed by atoms with Gasteiger partial charge in [-0.05, 0) is 44.6 Å². The second-order valence-corrected chi connectivity index (χ2v) is 13.8. The fourth-order valence-corrected chi connectivity index (χ4v) is 6.50. The van der Waals surface area contributed by atoms with E-state index in [2.05, 4.69) is 26.6 Å². The SMILES string of the molecule is CCCCCCCCCCCCCCCCOC(=O)[C@H](CC(C)C)NS(=O)(=O)CCCc1nccc2[nH]c(C)nc12. The van der Waals surface area contributed by atoms with Crippen LogP contribution in [-0.2, 0) is 26.0 Å². The van der Waals surface area contributed by atoms with Crippen LogP contribution in [0.2, 0.25) is 0 Å². The molecule has 234 valence electrons. The first-order chi connectivity index (χ1) is 19.7. The van der Waals surface area contributed by atoms with Crippen molar-refractivity contribution in [3.63, 3.8) is 0 Å². The van der Waals surface area contributed by atoms with E-state index in [0.717, 1.165) is 41.8 Å². The molecule has 0 saturated carbocycles.